The van der Waals surface area contributed by atoms with E-state index in [0.717, 1.165) is 0 Å². The van der Waals surface area contributed by atoms with E-state index in [1.807, 2.05) is 6.07 Å². The summed E-state index contributed by atoms with van der Waals surface area (Å²) in [5.74, 6) is 0.410. The van der Waals surface area contributed by atoms with Gasteiger partial charge in [0.15, 0.2) is 6.61 Å². The number of ether oxygens (including phenoxy) is 1. The second kappa shape index (κ2) is 5.89. The van der Waals surface area contributed by atoms with Crippen molar-refractivity contribution in [3.63, 3.8) is 0 Å². The Morgan fingerprint density at radius 2 is 2.12 bits per heavy atom. The van der Waals surface area contributed by atoms with Crippen LogP contribution in [0.3, 0.4) is 0 Å². The van der Waals surface area contributed by atoms with Crippen molar-refractivity contribution < 1.29 is 14.5 Å². The minimum absolute atomic E-state index is 0.0338. The number of benzene rings is 2. The van der Waals surface area contributed by atoms with Crippen LogP contribution in [0.1, 0.15) is 5.56 Å². The number of rotatable bonds is 3. The molecule has 0 aliphatic carbocycles. The maximum Gasteiger partial charge on any atom is 0.270 e. The third-order valence-corrected chi connectivity index (χ3v) is 3.66. The fourth-order valence-electron chi connectivity index (χ4n) is 2.36. The Balaban J connectivity index is 1.91. The van der Waals surface area contributed by atoms with Crippen molar-refractivity contribution >= 4 is 28.7 Å². The molecule has 120 valence electrons. The molecule has 0 aromatic heterocycles. The van der Waals surface area contributed by atoms with Gasteiger partial charge in [0.05, 0.1) is 21.9 Å². The molecule has 1 aliphatic heterocycles. The van der Waals surface area contributed by atoms with E-state index in [-0.39, 0.29) is 23.8 Å². The molecule has 0 bridgehead atoms. The van der Waals surface area contributed by atoms with Gasteiger partial charge in [0.25, 0.3) is 11.6 Å². The highest BCUT2D eigenvalue weighted by molar-refractivity contribution is 5.97. The van der Waals surface area contributed by atoms with E-state index in [1.165, 1.54) is 23.1 Å². The largest absolute Gasteiger partial charge is 0.481 e. The van der Waals surface area contributed by atoms with Crippen molar-refractivity contribution in [3.05, 3.63) is 52.1 Å². The van der Waals surface area contributed by atoms with Gasteiger partial charge in [0.2, 0.25) is 0 Å². The van der Waals surface area contributed by atoms with Gasteiger partial charge in [-0.3, -0.25) is 14.9 Å². The first-order valence-corrected chi connectivity index (χ1v) is 6.98. The van der Waals surface area contributed by atoms with Crippen LogP contribution in [0, 0.1) is 21.4 Å². The second-order valence-electron chi connectivity index (χ2n) is 5.15. The predicted octanol–water partition coefficient (Wildman–Crippen LogP) is 2.57. The standard InChI is InChI=1S/C16H12N4O4/c1-19-14-5-2-11(7-15(14)24-9-16(19)21)18-13-4-3-12(20(22)23)6-10(13)8-17/h2-7,18H,9H2,1H3. The third kappa shape index (κ3) is 2.70. The minimum Gasteiger partial charge on any atom is -0.481 e. The predicted molar refractivity (Wildman–Crippen MR) is 86.4 cm³/mol. The van der Waals surface area contributed by atoms with Crippen molar-refractivity contribution in [2.75, 3.05) is 23.9 Å². The van der Waals surface area contributed by atoms with Crippen LogP contribution in [-0.4, -0.2) is 24.5 Å². The number of nitriles is 1. The molecule has 0 fully saturated rings. The van der Waals surface area contributed by atoms with Crippen LogP contribution < -0.4 is 15.0 Å². The molecule has 0 saturated heterocycles. The molecule has 1 aliphatic rings. The molecule has 8 heteroatoms. The maximum absolute atomic E-state index is 11.6. The first-order valence-electron chi connectivity index (χ1n) is 6.98. The van der Waals surface area contributed by atoms with Gasteiger partial charge in [-0.2, -0.15) is 5.26 Å². The molecule has 2 aromatic rings. The number of anilines is 3. The summed E-state index contributed by atoms with van der Waals surface area (Å²) in [5, 5.41) is 23.0. The molecule has 1 heterocycles. The van der Waals surface area contributed by atoms with Gasteiger partial charge in [-0.15, -0.1) is 0 Å². The quantitative estimate of drug-likeness (QED) is 0.686. The summed E-state index contributed by atoms with van der Waals surface area (Å²) >= 11 is 0. The number of amides is 1. The minimum atomic E-state index is -0.551. The molecule has 2 aromatic carbocycles. The number of carbonyl (C=O) groups is 1. The fraction of sp³-hybridized carbons (Fsp3) is 0.125. The molecule has 0 spiro atoms. The van der Waals surface area contributed by atoms with Crippen molar-refractivity contribution in [1.82, 2.24) is 0 Å². The normalized spacial score (nSPS) is 12.8. The van der Waals surface area contributed by atoms with E-state index in [9.17, 15) is 20.2 Å². The van der Waals surface area contributed by atoms with E-state index in [2.05, 4.69) is 5.32 Å². The van der Waals surface area contributed by atoms with Crippen molar-refractivity contribution in [1.29, 1.82) is 5.26 Å². The van der Waals surface area contributed by atoms with Crippen molar-refractivity contribution in [2.45, 2.75) is 0 Å². The first kappa shape index (κ1) is 15.3. The van der Waals surface area contributed by atoms with E-state index >= 15 is 0 Å². The highest BCUT2D eigenvalue weighted by Crippen LogP contribution is 2.35. The summed E-state index contributed by atoms with van der Waals surface area (Å²) in [6, 6.07) is 11.1. The van der Waals surface area contributed by atoms with Gasteiger partial charge in [0, 0.05) is 30.9 Å². The zero-order valence-electron chi connectivity index (χ0n) is 12.6. The molecule has 8 nitrogen and oxygen atoms in total. The molecule has 0 unspecified atom stereocenters. The number of nitro benzene ring substituents is 1. The van der Waals surface area contributed by atoms with Gasteiger partial charge in [-0.05, 0) is 18.2 Å². The molecule has 3 rings (SSSR count). The number of nitrogens with one attached hydrogen (secondary N) is 1. The van der Waals surface area contributed by atoms with E-state index in [4.69, 9.17) is 4.74 Å². The van der Waals surface area contributed by atoms with Crippen molar-refractivity contribution in [3.8, 4) is 11.8 Å². The lowest BCUT2D eigenvalue weighted by Crippen LogP contribution is -2.35. The van der Waals surface area contributed by atoms with Crippen LogP contribution in [0.4, 0.5) is 22.7 Å². The Morgan fingerprint density at radius 3 is 2.83 bits per heavy atom. The zero-order chi connectivity index (χ0) is 17.3. The number of non-ortho nitro benzene ring substituents is 1. The average Bonchev–Trinajstić information content (AvgIpc) is 2.58. The number of hydrogen-bond donors (Lipinski definition) is 1. The van der Waals surface area contributed by atoms with Crippen LogP contribution in [-0.2, 0) is 4.79 Å². The smallest absolute Gasteiger partial charge is 0.270 e. The summed E-state index contributed by atoms with van der Waals surface area (Å²) in [5.41, 5.74) is 1.76. The average molecular weight is 324 g/mol. The number of carbonyl (C=O) groups excluding carboxylic acids is 1. The Bertz CT molecular complexity index is 888. The van der Waals surface area contributed by atoms with Gasteiger partial charge < -0.3 is 15.0 Å². The second-order valence-corrected chi connectivity index (χ2v) is 5.15. The Hall–Kier alpha value is -3.60. The molecule has 1 amide bonds. The number of likely N-dealkylation sites (N-methyl/N-ethyl adjacent to an activating group) is 1. The maximum atomic E-state index is 11.6. The van der Waals surface area contributed by atoms with Gasteiger partial charge >= 0.3 is 0 Å². The molecular formula is C16H12N4O4. The van der Waals surface area contributed by atoms with Gasteiger partial charge in [0.1, 0.15) is 11.8 Å². The Labute approximate surface area is 137 Å². The lowest BCUT2D eigenvalue weighted by molar-refractivity contribution is -0.384. The lowest BCUT2D eigenvalue weighted by atomic mass is 10.1. The van der Waals surface area contributed by atoms with Gasteiger partial charge in [-0.1, -0.05) is 0 Å². The van der Waals surface area contributed by atoms with Crippen molar-refractivity contribution in [2.24, 2.45) is 0 Å². The highest BCUT2D eigenvalue weighted by Gasteiger charge is 2.22. The molecule has 0 saturated carbocycles. The summed E-state index contributed by atoms with van der Waals surface area (Å²) < 4.78 is 5.41. The van der Waals surface area contributed by atoms with Crippen LogP contribution in [0.2, 0.25) is 0 Å². The van der Waals surface area contributed by atoms with E-state index in [0.29, 0.717) is 22.8 Å². The molecule has 1 N–H and O–H groups in total. The van der Waals surface area contributed by atoms with Gasteiger partial charge in [-0.25, -0.2) is 0 Å². The summed E-state index contributed by atoms with van der Waals surface area (Å²) in [4.78, 5) is 23.3. The molecule has 0 radical (unpaired) electrons. The highest BCUT2D eigenvalue weighted by atomic mass is 16.6. The zero-order valence-corrected chi connectivity index (χ0v) is 12.6. The topological polar surface area (TPSA) is 108 Å². The van der Waals surface area contributed by atoms with Crippen LogP contribution >= 0.6 is 0 Å². The Morgan fingerprint density at radius 1 is 1.33 bits per heavy atom. The number of fused-ring (bicyclic) bond motifs is 1. The summed E-state index contributed by atoms with van der Waals surface area (Å²) in [6.45, 7) is -0.0338. The number of nitrogens with zero attached hydrogens (tertiary/aromatic N) is 3. The SMILES string of the molecule is CN1C(=O)COc2cc(Nc3ccc([N+](=O)[O-])cc3C#N)ccc21. The molecule has 0 atom stereocenters. The first-order chi connectivity index (χ1) is 11.5. The summed E-state index contributed by atoms with van der Waals surface area (Å²) in [7, 11) is 1.67. The lowest BCUT2D eigenvalue weighted by Gasteiger charge is -2.26. The van der Waals surface area contributed by atoms with E-state index < -0.39 is 4.92 Å². The number of nitro groups is 1. The van der Waals surface area contributed by atoms with Crippen LogP contribution in [0.25, 0.3) is 0 Å². The number of hydrogen-bond acceptors (Lipinski definition) is 6. The van der Waals surface area contributed by atoms with E-state index in [1.54, 1.807) is 25.2 Å². The molecular weight excluding hydrogens is 312 g/mol. The Kier molecular flexibility index (Phi) is 3.75. The monoisotopic (exact) mass is 324 g/mol. The van der Waals surface area contributed by atoms with Crippen LogP contribution in [0.5, 0.6) is 5.75 Å². The summed E-state index contributed by atoms with van der Waals surface area (Å²) in [6.07, 6.45) is 0. The fourth-order valence-corrected chi connectivity index (χ4v) is 2.36. The third-order valence-electron chi connectivity index (χ3n) is 3.66. The molecule has 24 heavy (non-hydrogen) atoms. The van der Waals surface area contributed by atoms with Crippen LogP contribution in [0.15, 0.2) is 36.4 Å².